The lowest BCUT2D eigenvalue weighted by Gasteiger charge is -2.07. The van der Waals surface area contributed by atoms with E-state index in [1.54, 1.807) is 47.9 Å². The molecule has 128 valence electrons. The van der Waals surface area contributed by atoms with Crippen molar-refractivity contribution in [2.24, 2.45) is 7.05 Å². The number of ether oxygens (including phenoxy) is 1. The Morgan fingerprint density at radius 1 is 1.16 bits per heavy atom. The molecule has 3 rings (SSSR count). The van der Waals surface area contributed by atoms with Gasteiger partial charge in [-0.15, -0.1) is 0 Å². The molecule has 1 heterocycles. The number of hydrogen-bond donors (Lipinski definition) is 1. The summed E-state index contributed by atoms with van der Waals surface area (Å²) in [7, 11) is 1.82. The number of hydrogen-bond acceptors (Lipinski definition) is 3. The number of anilines is 1. The number of benzene rings is 2. The Balaban J connectivity index is 1.82. The zero-order chi connectivity index (χ0) is 18.0. The van der Waals surface area contributed by atoms with Gasteiger partial charge in [-0.05, 0) is 49.4 Å². The molecule has 0 atom stereocenters. The standard InChI is InChI=1S/C19H17ClN2O3/c1-3-25-19(24)12-7-9-13(10-8-12)21-18(23)17-11-14-15(20)5-4-6-16(14)22(17)2/h4-11H,3H2,1-2H3,(H,21,23). The van der Waals surface area contributed by atoms with Crippen molar-refractivity contribution in [2.75, 3.05) is 11.9 Å². The highest BCUT2D eigenvalue weighted by atomic mass is 35.5. The van der Waals surface area contributed by atoms with Gasteiger partial charge in [-0.1, -0.05) is 17.7 Å². The van der Waals surface area contributed by atoms with E-state index >= 15 is 0 Å². The Kier molecular flexibility index (Phi) is 4.76. The zero-order valence-corrected chi connectivity index (χ0v) is 14.6. The number of amides is 1. The van der Waals surface area contributed by atoms with Crippen LogP contribution in [0.4, 0.5) is 5.69 Å². The van der Waals surface area contributed by atoms with E-state index in [9.17, 15) is 9.59 Å². The number of nitrogens with one attached hydrogen (secondary N) is 1. The van der Waals surface area contributed by atoms with E-state index in [4.69, 9.17) is 16.3 Å². The van der Waals surface area contributed by atoms with Crippen LogP contribution in [-0.2, 0) is 11.8 Å². The average Bonchev–Trinajstić information content (AvgIpc) is 2.94. The van der Waals surface area contributed by atoms with Crippen molar-refractivity contribution in [3.05, 3.63) is 64.8 Å². The molecule has 1 N–H and O–H groups in total. The molecule has 1 aromatic heterocycles. The second-order valence-electron chi connectivity index (χ2n) is 5.51. The van der Waals surface area contributed by atoms with Crippen molar-refractivity contribution >= 4 is 40.1 Å². The van der Waals surface area contributed by atoms with Gasteiger partial charge in [0.25, 0.3) is 5.91 Å². The zero-order valence-electron chi connectivity index (χ0n) is 13.9. The van der Waals surface area contributed by atoms with E-state index < -0.39 is 0 Å². The third-order valence-electron chi connectivity index (χ3n) is 3.92. The van der Waals surface area contributed by atoms with Crippen LogP contribution in [0.25, 0.3) is 10.9 Å². The lowest BCUT2D eigenvalue weighted by Crippen LogP contribution is -2.15. The number of carbonyl (C=O) groups is 2. The topological polar surface area (TPSA) is 60.3 Å². The van der Waals surface area contributed by atoms with Crippen molar-refractivity contribution in [3.63, 3.8) is 0 Å². The number of aryl methyl sites for hydroxylation is 1. The van der Waals surface area contributed by atoms with Gasteiger partial charge in [-0.25, -0.2) is 4.79 Å². The lowest BCUT2D eigenvalue weighted by atomic mass is 10.2. The molecule has 0 aliphatic rings. The number of rotatable bonds is 4. The Bertz CT molecular complexity index is 945. The maximum Gasteiger partial charge on any atom is 0.338 e. The van der Waals surface area contributed by atoms with Crippen LogP contribution in [0.2, 0.25) is 5.02 Å². The smallest absolute Gasteiger partial charge is 0.338 e. The first-order chi connectivity index (χ1) is 12.0. The third-order valence-corrected chi connectivity index (χ3v) is 4.25. The van der Waals surface area contributed by atoms with Crippen LogP contribution < -0.4 is 5.32 Å². The number of nitrogens with zero attached hydrogens (tertiary/aromatic N) is 1. The second kappa shape index (κ2) is 6.99. The molecule has 0 radical (unpaired) electrons. The number of halogens is 1. The van der Waals surface area contributed by atoms with Crippen LogP contribution in [0.15, 0.2) is 48.5 Å². The molecular weight excluding hydrogens is 340 g/mol. The van der Waals surface area contributed by atoms with Crippen LogP contribution >= 0.6 is 11.6 Å². The summed E-state index contributed by atoms with van der Waals surface area (Å²) in [5.74, 6) is -0.637. The molecule has 1 amide bonds. The summed E-state index contributed by atoms with van der Waals surface area (Å²) in [5, 5.41) is 4.25. The molecule has 6 heteroatoms. The number of aromatic nitrogens is 1. The quantitative estimate of drug-likeness (QED) is 0.710. The van der Waals surface area contributed by atoms with E-state index in [-0.39, 0.29) is 11.9 Å². The highest BCUT2D eigenvalue weighted by Gasteiger charge is 2.15. The highest BCUT2D eigenvalue weighted by Crippen LogP contribution is 2.26. The van der Waals surface area contributed by atoms with Gasteiger partial charge in [-0.3, -0.25) is 4.79 Å². The predicted octanol–water partition coefficient (Wildman–Crippen LogP) is 4.26. The minimum absolute atomic E-state index is 0.251. The molecule has 3 aromatic rings. The number of carbonyl (C=O) groups excluding carboxylic acids is 2. The van der Waals surface area contributed by atoms with Crippen molar-refractivity contribution < 1.29 is 14.3 Å². The Labute approximate surface area is 150 Å². The fourth-order valence-electron chi connectivity index (χ4n) is 2.64. The fraction of sp³-hybridized carbons (Fsp3) is 0.158. The van der Waals surface area contributed by atoms with Gasteiger partial charge in [0.1, 0.15) is 5.69 Å². The predicted molar refractivity (Wildman–Crippen MR) is 98.3 cm³/mol. The summed E-state index contributed by atoms with van der Waals surface area (Å²) in [4.78, 5) is 24.2. The van der Waals surface area contributed by atoms with E-state index in [1.165, 1.54) is 0 Å². The van der Waals surface area contributed by atoms with Crippen molar-refractivity contribution in [1.82, 2.24) is 4.57 Å². The Hall–Kier alpha value is -2.79. The van der Waals surface area contributed by atoms with Crippen molar-refractivity contribution in [2.45, 2.75) is 6.92 Å². The van der Waals surface area contributed by atoms with Crippen molar-refractivity contribution in [3.8, 4) is 0 Å². The molecule has 2 aromatic carbocycles. The minimum atomic E-state index is -0.385. The summed E-state index contributed by atoms with van der Waals surface area (Å²) in [6.45, 7) is 2.07. The molecule has 5 nitrogen and oxygen atoms in total. The summed E-state index contributed by atoms with van der Waals surface area (Å²) in [6.07, 6.45) is 0. The molecular formula is C19H17ClN2O3. The molecule has 25 heavy (non-hydrogen) atoms. The lowest BCUT2D eigenvalue weighted by molar-refractivity contribution is 0.0526. The largest absolute Gasteiger partial charge is 0.462 e. The van der Waals surface area contributed by atoms with Crippen LogP contribution in [0.1, 0.15) is 27.8 Å². The van der Waals surface area contributed by atoms with Crippen LogP contribution in [-0.4, -0.2) is 23.1 Å². The average molecular weight is 357 g/mol. The molecule has 0 saturated heterocycles. The Morgan fingerprint density at radius 3 is 2.52 bits per heavy atom. The first-order valence-corrected chi connectivity index (χ1v) is 8.21. The van der Waals surface area contributed by atoms with Crippen LogP contribution in [0, 0.1) is 0 Å². The summed E-state index contributed by atoms with van der Waals surface area (Å²) >= 11 is 6.19. The molecule has 0 bridgehead atoms. The van der Waals surface area contributed by atoms with Gasteiger partial charge >= 0.3 is 5.97 Å². The van der Waals surface area contributed by atoms with E-state index in [0.29, 0.717) is 28.6 Å². The monoisotopic (exact) mass is 356 g/mol. The highest BCUT2D eigenvalue weighted by molar-refractivity contribution is 6.35. The second-order valence-corrected chi connectivity index (χ2v) is 5.92. The van der Waals surface area contributed by atoms with Gasteiger partial charge in [0.05, 0.1) is 12.2 Å². The molecule has 0 saturated carbocycles. The van der Waals surface area contributed by atoms with Gasteiger partial charge < -0.3 is 14.6 Å². The molecule has 0 aliphatic carbocycles. The van der Waals surface area contributed by atoms with E-state index in [0.717, 1.165) is 10.9 Å². The molecule has 0 fully saturated rings. The van der Waals surface area contributed by atoms with E-state index in [1.807, 2.05) is 19.2 Å². The SMILES string of the molecule is CCOC(=O)c1ccc(NC(=O)c2cc3c(Cl)cccc3n2C)cc1. The maximum atomic E-state index is 12.6. The molecule has 0 aliphatic heterocycles. The minimum Gasteiger partial charge on any atom is -0.462 e. The third kappa shape index (κ3) is 3.37. The first-order valence-electron chi connectivity index (χ1n) is 7.83. The van der Waals surface area contributed by atoms with Gasteiger partial charge in [0, 0.05) is 28.7 Å². The van der Waals surface area contributed by atoms with Crippen molar-refractivity contribution in [1.29, 1.82) is 0 Å². The van der Waals surface area contributed by atoms with E-state index in [2.05, 4.69) is 5.32 Å². The number of esters is 1. The van der Waals surface area contributed by atoms with Gasteiger partial charge in [0.15, 0.2) is 0 Å². The maximum absolute atomic E-state index is 12.6. The normalized spacial score (nSPS) is 10.7. The fourth-order valence-corrected chi connectivity index (χ4v) is 2.87. The molecule has 0 spiro atoms. The molecule has 0 unspecified atom stereocenters. The number of fused-ring (bicyclic) bond motifs is 1. The summed E-state index contributed by atoms with van der Waals surface area (Å²) in [6, 6.07) is 13.9. The Morgan fingerprint density at radius 2 is 1.88 bits per heavy atom. The van der Waals surface area contributed by atoms with Crippen LogP contribution in [0.3, 0.4) is 0 Å². The summed E-state index contributed by atoms with van der Waals surface area (Å²) in [5.41, 5.74) is 2.42. The first kappa shape index (κ1) is 17.0. The summed E-state index contributed by atoms with van der Waals surface area (Å²) < 4.78 is 6.73. The van der Waals surface area contributed by atoms with Gasteiger partial charge in [-0.2, -0.15) is 0 Å². The van der Waals surface area contributed by atoms with Gasteiger partial charge in [0.2, 0.25) is 0 Å². The van der Waals surface area contributed by atoms with Crippen LogP contribution in [0.5, 0.6) is 0 Å².